The molecule has 6 atom stereocenters. The van der Waals surface area contributed by atoms with Crippen molar-refractivity contribution in [2.24, 2.45) is 5.73 Å². The average Bonchev–Trinajstić information content (AvgIpc) is 4.53. The van der Waals surface area contributed by atoms with Gasteiger partial charge in [0.25, 0.3) is 0 Å². The second-order valence-electron chi connectivity index (χ2n) is 20.6. The fourth-order valence-electron chi connectivity index (χ4n) is 10.3. The number of carboxylic acids is 2. The van der Waals surface area contributed by atoms with Crippen molar-refractivity contribution in [3.63, 3.8) is 0 Å². The van der Waals surface area contributed by atoms with E-state index in [2.05, 4.69) is 72.4 Å². The average molecular weight is 1190 g/mol. The van der Waals surface area contributed by atoms with Gasteiger partial charge in [0.15, 0.2) is 0 Å². The Balaban J connectivity index is 0.940. The number of hydrogen-bond donors (Lipinski definition) is 16. The second kappa shape index (κ2) is 28.0. The largest absolute Gasteiger partial charge is 0.481 e. The molecule has 0 bridgehead atoms. The van der Waals surface area contributed by atoms with Crippen LogP contribution in [0, 0.1) is 0 Å². The number of carboxylic acid groups (broad SMARTS) is 2. The highest BCUT2D eigenvalue weighted by Crippen LogP contribution is 2.23. The summed E-state index contributed by atoms with van der Waals surface area (Å²) in [5.41, 5.74) is 11.2. The van der Waals surface area contributed by atoms with E-state index in [1.54, 1.807) is 97.6 Å². The predicted molar refractivity (Wildman–Crippen MR) is 317 cm³/mol. The molecule has 0 radical (unpaired) electrons. The van der Waals surface area contributed by atoms with Gasteiger partial charge in [0.05, 0.1) is 31.5 Å². The number of carbonyl (C=O) groups is 10. The third-order valence-corrected chi connectivity index (χ3v) is 14.6. The van der Waals surface area contributed by atoms with Crippen LogP contribution in [0.15, 0.2) is 134 Å². The number of carbonyl (C=O) groups excluding carboxylic acids is 8. The van der Waals surface area contributed by atoms with E-state index < -0.39 is 122 Å². The van der Waals surface area contributed by atoms with Gasteiger partial charge in [0.1, 0.15) is 42.8 Å². The third-order valence-electron chi connectivity index (χ3n) is 14.6. The Kier molecular flexibility index (Phi) is 19.5. The Bertz CT molecular complexity index is 4000. The number of amides is 8. The molecule has 5 aromatic heterocycles. The van der Waals surface area contributed by atoms with E-state index in [1.165, 1.54) is 12.5 Å². The van der Waals surface area contributed by atoms with Crippen molar-refractivity contribution in [3.05, 3.63) is 162 Å². The summed E-state index contributed by atoms with van der Waals surface area (Å²) >= 11 is 0. The molecule has 0 saturated heterocycles. The van der Waals surface area contributed by atoms with Crippen molar-refractivity contribution in [2.45, 2.75) is 74.8 Å². The Morgan fingerprint density at radius 1 is 0.402 bits per heavy atom. The number of nitrogens with one attached hydrogen (secondary N) is 13. The normalized spacial score (nSPS) is 13.3. The number of para-hydroxylation sites is 4. The van der Waals surface area contributed by atoms with Gasteiger partial charge in [-0.3, -0.25) is 47.9 Å². The molecular weight excluding hydrogens is 1120 g/mol. The molecule has 27 heteroatoms. The van der Waals surface area contributed by atoms with E-state index >= 15 is 0 Å². The van der Waals surface area contributed by atoms with Crippen molar-refractivity contribution in [2.75, 3.05) is 19.6 Å². The predicted octanol–water partition coefficient (Wildman–Crippen LogP) is 0.507. The van der Waals surface area contributed by atoms with Gasteiger partial charge in [-0.2, -0.15) is 0 Å². The van der Waals surface area contributed by atoms with E-state index in [9.17, 15) is 58.2 Å². The molecule has 17 N–H and O–H groups in total. The van der Waals surface area contributed by atoms with Crippen LogP contribution >= 0.6 is 0 Å². The molecule has 0 saturated carbocycles. The van der Waals surface area contributed by atoms with Crippen LogP contribution in [0.2, 0.25) is 0 Å². The Morgan fingerprint density at radius 3 is 1.11 bits per heavy atom. The van der Waals surface area contributed by atoms with Gasteiger partial charge in [0.2, 0.25) is 47.3 Å². The molecule has 0 spiro atoms. The van der Waals surface area contributed by atoms with Gasteiger partial charge in [-0.25, -0.2) is 4.98 Å². The van der Waals surface area contributed by atoms with E-state index in [0.717, 1.165) is 21.8 Å². The lowest BCUT2D eigenvalue weighted by Crippen LogP contribution is -2.59. The highest BCUT2D eigenvalue weighted by Gasteiger charge is 2.35. The lowest BCUT2D eigenvalue weighted by molar-refractivity contribution is -0.141. The van der Waals surface area contributed by atoms with Crippen LogP contribution in [0.1, 0.15) is 34.4 Å². The van der Waals surface area contributed by atoms with E-state index in [1.807, 2.05) is 24.3 Å². The Labute approximate surface area is 494 Å². The summed E-state index contributed by atoms with van der Waals surface area (Å²) in [4.78, 5) is 156. The van der Waals surface area contributed by atoms with Crippen molar-refractivity contribution in [3.8, 4) is 0 Å². The molecule has 0 aliphatic rings. The number of fused-ring (bicyclic) bond motifs is 4. The quantitative estimate of drug-likeness (QED) is 0.0304. The number of nitrogens with zero attached hydrogens (tertiary/aromatic N) is 1. The summed E-state index contributed by atoms with van der Waals surface area (Å²) in [5.74, 6) is -9.93. The summed E-state index contributed by atoms with van der Waals surface area (Å²) in [6.45, 7) is -2.03. The minimum atomic E-state index is -1.81. The molecule has 0 fully saturated rings. The van der Waals surface area contributed by atoms with Crippen LogP contribution < -0.4 is 48.3 Å². The lowest BCUT2D eigenvalue weighted by Gasteiger charge is -2.26. The van der Waals surface area contributed by atoms with E-state index in [4.69, 9.17) is 5.73 Å². The zero-order chi connectivity index (χ0) is 61.6. The zero-order valence-corrected chi connectivity index (χ0v) is 46.5. The SMILES string of the molecule is NCC(=O)N[C@@H](Cc1c[nH]c2ccccc12)C(=O)N[C@@H](CC(=O)O)C(=O)N[C@@H](Cc1c[nH]c2ccccc12)C(=O)NCC(=O)N[C@@H](Cc1c[nH]c2ccccc12)C(=O)N[C@@H](Cc1c[nH]cn1)C(=O)N[C@@H](Cc1c[nH]c2ccccc12)C(=O)NCC(=O)O. The summed E-state index contributed by atoms with van der Waals surface area (Å²) < 4.78 is 0. The van der Waals surface area contributed by atoms with Crippen molar-refractivity contribution < 1.29 is 58.2 Å². The molecule has 9 rings (SSSR count). The Hall–Kier alpha value is -11.1. The number of aliphatic carboxylic acids is 2. The first-order chi connectivity index (χ1) is 42.0. The topological polar surface area (TPSA) is 425 Å². The van der Waals surface area contributed by atoms with Crippen molar-refractivity contribution in [1.82, 2.24) is 72.4 Å². The second-order valence-corrected chi connectivity index (χ2v) is 20.6. The monoisotopic (exact) mass is 1190 g/mol. The first kappa shape index (κ1) is 60.5. The standard InChI is InChI=1S/C60H63N15O12/c61-23-51(76)70-47(19-34-26-65-43-15-7-3-11-39(34)43)57(84)75-50(22-53(78)79)60(87)73-45(17-32-24-63-41-13-5-1-9-37(32)41)55(82)67-29-52(77)71-48(20-35-27-66-44-16-8-4-12-40(35)44)58(85)74-49(21-36-28-62-31-69-36)59(86)72-46(56(83)68-30-54(80)81)18-33-25-64-42-14-6-2-10-38(33)42/h1-16,24-28,31,45-50,63-66H,17-23,29-30,61H2,(H,62,69)(H,67,82)(H,68,83)(H,70,76)(H,71,77)(H,72,86)(H,73,87)(H,74,85)(H,75,84)(H,78,79)(H,80,81)/t45-,46-,47-,48-,49-,50-/m0/s1. The van der Waals surface area contributed by atoms with Crippen molar-refractivity contribution in [1.29, 1.82) is 0 Å². The van der Waals surface area contributed by atoms with Gasteiger partial charge in [-0.1, -0.05) is 72.8 Å². The number of rotatable bonds is 29. The summed E-state index contributed by atoms with van der Waals surface area (Å²) in [7, 11) is 0. The van der Waals surface area contributed by atoms with Crippen LogP contribution in [-0.2, 0) is 80.0 Å². The summed E-state index contributed by atoms with van der Waals surface area (Å²) in [6, 6.07) is 19.8. The maximum atomic E-state index is 14.8. The molecular formula is C60H63N15O12. The number of nitrogens with two attached hydrogens (primary N) is 1. The molecule has 9 aromatic rings. The van der Waals surface area contributed by atoms with E-state index in [0.29, 0.717) is 49.8 Å². The molecule has 5 heterocycles. The first-order valence-corrected chi connectivity index (χ1v) is 27.7. The molecule has 0 aliphatic heterocycles. The van der Waals surface area contributed by atoms with Gasteiger partial charge in [0, 0.05) is 107 Å². The number of imidazole rings is 1. The fraction of sp³-hybridized carbons (Fsp3) is 0.250. The van der Waals surface area contributed by atoms with Crippen LogP contribution in [0.3, 0.4) is 0 Å². The summed E-state index contributed by atoms with van der Waals surface area (Å²) in [6.07, 6.45) is 7.68. The number of aromatic amines is 5. The number of hydrogen-bond acceptors (Lipinski definition) is 12. The molecule has 450 valence electrons. The minimum absolute atomic E-state index is 0.0902. The number of benzene rings is 4. The maximum absolute atomic E-state index is 14.8. The highest BCUT2D eigenvalue weighted by atomic mass is 16.4. The molecule has 87 heavy (non-hydrogen) atoms. The van der Waals surface area contributed by atoms with Crippen LogP contribution in [0.25, 0.3) is 43.6 Å². The zero-order valence-electron chi connectivity index (χ0n) is 46.5. The minimum Gasteiger partial charge on any atom is -0.481 e. The number of aromatic nitrogens is 6. The van der Waals surface area contributed by atoms with Gasteiger partial charge in [-0.15, -0.1) is 0 Å². The van der Waals surface area contributed by atoms with Gasteiger partial charge < -0.3 is 83.4 Å². The summed E-state index contributed by atoms with van der Waals surface area (Å²) in [5, 5.41) is 42.8. The fourth-order valence-corrected chi connectivity index (χ4v) is 10.3. The van der Waals surface area contributed by atoms with Crippen LogP contribution in [0.4, 0.5) is 0 Å². The molecule has 27 nitrogen and oxygen atoms in total. The molecule has 4 aromatic carbocycles. The lowest BCUT2D eigenvalue weighted by atomic mass is 10.0. The van der Waals surface area contributed by atoms with E-state index in [-0.39, 0.29) is 32.1 Å². The van der Waals surface area contributed by atoms with Crippen molar-refractivity contribution >= 4 is 103 Å². The third kappa shape index (κ3) is 15.6. The molecule has 0 aliphatic carbocycles. The van der Waals surface area contributed by atoms with Crippen LogP contribution in [0.5, 0.6) is 0 Å². The first-order valence-electron chi connectivity index (χ1n) is 27.7. The highest BCUT2D eigenvalue weighted by molar-refractivity contribution is 5.99. The number of H-pyrrole nitrogens is 5. The smallest absolute Gasteiger partial charge is 0.322 e. The van der Waals surface area contributed by atoms with Gasteiger partial charge in [-0.05, 0) is 46.5 Å². The maximum Gasteiger partial charge on any atom is 0.322 e. The molecule has 8 amide bonds. The van der Waals surface area contributed by atoms with Gasteiger partial charge >= 0.3 is 11.9 Å². The molecule has 0 unspecified atom stereocenters. The Morgan fingerprint density at radius 2 is 0.747 bits per heavy atom. The van der Waals surface area contributed by atoms with Crippen LogP contribution in [-0.4, -0.2) is 155 Å².